The Labute approximate surface area is 189 Å². The molecule has 2 aromatic carbocycles. The second-order valence-corrected chi connectivity index (χ2v) is 8.11. The van der Waals surface area contributed by atoms with Gasteiger partial charge in [-0.25, -0.2) is 0 Å². The number of hydrogen-bond acceptors (Lipinski definition) is 6. The Morgan fingerprint density at radius 3 is 2.66 bits per heavy atom. The fourth-order valence-corrected chi connectivity index (χ4v) is 4.12. The van der Waals surface area contributed by atoms with Crippen molar-refractivity contribution in [3.05, 3.63) is 60.3 Å². The number of benzene rings is 2. The van der Waals surface area contributed by atoms with E-state index in [0.717, 1.165) is 22.3 Å². The van der Waals surface area contributed by atoms with E-state index in [9.17, 15) is 9.59 Å². The number of rotatable bonds is 9. The van der Waals surface area contributed by atoms with Crippen molar-refractivity contribution in [2.45, 2.75) is 18.6 Å². The lowest BCUT2D eigenvalue weighted by Gasteiger charge is -2.10. The van der Waals surface area contributed by atoms with Gasteiger partial charge in [0.1, 0.15) is 0 Å². The first-order chi connectivity index (χ1) is 15.6. The summed E-state index contributed by atoms with van der Waals surface area (Å²) in [5, 5.41) is 13.3. The average molecular weight is 450 g/mol. The molecule has 4 aromatic rings. The van der Waals surface area contributed by atoms with Gasteiger partial charge in [-0.3, -0.25) is 14.2 Å². The molecule has 164 valence electrons. The lowest BCUT2D eigenvalue weighted by atomic mass is 10.1. The summed E-state index contributed by atoms with van der Waals surface area (Å²) in [5.74, 6) is 0.718. The van der Waals surface area contributed by atoms with Crippen LogP contribution < -0.4 is 5.32 Å². The Bertz CT molecular complexity index is 1250. The summed E-state index contributed by atoms with van der Waals surface area (Å²) in [6, 6.07) is 14.8. The van der Waals surface area contributed by atoms with Crippen molar-refractivity contribution in [1.82, 2.24) is 19.7 Å². The Kier molecular flexibility index (Phi) is 6.67. The zero-order chi connectivity index (χ0) is 22.5. The number of thioether (sulfide) groups is 1. The van der Waals surface area contributed by atoms with Crippen molar-refractivity contribution >= 4 is 40.0 Å². The molecule has 0 aliphatic rings. The molecule has 0 atom stereocenters. The zero-order valence-corrected chi connectivity index (χ0v) is 18.6. The molecule has 0 fully saturated rings. The number of fused-ring (bicyclic) bond motifs is 1. The number of amides is 1. The summed E-state index contributed by atoms with van der Waals surface area (Å²) in [6.45, 7) is 2.57. The highest BCUT2D eigenvalue weighted by Crippen LogP contribution is 2.30. The number of aromatic amines is 1. The second kappa shape index (κ2) is 9.80. The fraction of sp³-hybridized carbons (Fsp3) is 0.217. The highest BCUT2D eigenvalue weighted by Gasteiger charge is 2.18. The second-order valence-electron chi connectivity index (χ2n) is 7.17. The highest BCUT2D eigenvalue weighted by molar-refractivity contribution is 7.99. The number of nitrogens with one attached hydrogen (secondary N) is 2. The predicted octanol–water partition coefficient (Wildman–Crippen LogP) is 4.01. The molecule has 0 aliphatic carbocycles. The Balaban J connectivity index is 1.49. The summed E-state index contributed by atoms with van der Waals surface area (Å²) in [6.07, 6.45) is 1.92. The number of para-hydroxylation sites is 1. The minimum atomic E-state index is -0.166. The van der Waals surface area contributed by atoms with E-state index in [4.69, 9.17) is 4.74 Å². The molecule has 0 aliphatic heterocycles. The van der Waals surface area contributed by atoms with Crippen molar-refractivity contribution < 1.29 is 14.3 Å². The minimum absolute atomic E-state index is 0.0140. The van der Waals surface area contributed by atoms with Crippen molar-refractivity contribution in [2.75, 3.05) is 24.8 Å². The predicted molar refractivity (Wildman–Crippen MR) is 125 cm³/mol. The summed E-state index contributed by atoms with van der Waals surface area (Å²) < 4.78 is 7.24. The van der Waals surface area contributed by atoms with Gasteiger partial charge in [-0.15, -0.1) is 10.2 Å². The summed E-state index contributed by atoms with van der Waals surface area (Å²) in [5.41, 5.74) is 3.22. The minimum Gasteiger partial charge on any atom is -0.383 e. The van der Waals surface area contributed by atoms with E-state index in [1.807, 2.05) is 35.0 Å². The maximum Gasteiger partial charge on any atom is 0.234 e. The van der Waals surface area contributed by atoms with E-state index in [1.54, 1.807) is 31.4 Å². The van der Waals surface area contributed by atoms with Crippen LogP contribution in [0.2, 0.25) is 0 Å². The maximum atomic E-state index is 12.5. The van der Waals surface area contributed by atoms with Gasteiger partial charge in [0.15, 0.2) is 16.8 Å². The molecule has 8 nitrogen and oxygen atoms in total. The van der Waals surface area contributed by atoms with Crippen molar-refractivity contribution in [1.29, 1.82) is 0 Å². The molecule has 0 bridgehead atoms. The number of ketones is 1. The van der Waals surface area contributed by atoms with Crippen LogP contribution in [0.25, 0.3) is 22.3 Å². The van der Waals surface area contributed by atoms with E-state index in [0.29, 0.717) is 29.6 Å². The number of ether oxygens (including phenoxy) is 1. The first-order valence-corrected chi connectivity index (χ1v) is 11.1. The Morgan fingerprint density at radius 1 is 1.12 bits per heavy atom. The molecule has 0 saturated carbocycles. The van der Waals surface area contributed by atoms with E-state index in [-0.39, 0.29) is 17.4 Å². The molecule has 0 unspecified atom stereocenters. The van der Waals surface area contributed by atoms with Gasteiger partial charge in [0.2, 0.25) is 5.91 Å². The number of methoxy groups -OCH3 is 1. The normalized spacial score (nSPS) is 11.1. The van der Waals surface area contributed by atoms with Gasteiger partial charge in [0.05, 0.1) is 18.9 Å². The molecule has 32 heavy (non-hydrogen) atoms. The molecule has 0 radical (unpaired) electrons. The van der Waals surface area contributed by atoms with E-state index in [2.05, 4.69) is 20.5 Å². The van der Waals surface area contributed by atoms with Crippen LogP contribution in [0, 0.1) is 0 Å². The molecule has 2 N–H and O–H groups in total. The third-order valence-electron chi connectivity index (χ3n) is 4.97. The Morgan fingerprint density at radius 2 is 1.91 bits per heavy atom. The molecule has 2 aromatic heterocycles. The van der Waals surface area contributed by atoms with Gasteiger partial charge in [-0.2, -0.15) is 0 Å². The molecular weight excluding hydrogens is 426 g/mol. The van der Waals surface area contributed by atoms with Crippen LogP contribution in [0.15, 0.2) is 59.9 Å². The molecule has 1 amide bonds. The smallest absolute Gasteiger partial charge is 0.234 e. The number of carbonyl (C=O) groups excluding carboxylic acids is 2. The number of nitrogens with zero attached hydrogens (tertiary/aromatic N) is 3. The van der Waals surface area contributed by atoms with Crippen molar-refractivity contribution in [2.24, 2.45) is 0 Å². The van der Waals surface area contributed by atoms with Gasteiger partial charge in [-0.1, -0.05) is 30.0 Å². The molecule has 2 heterocycles. The van der Waals surface area contributed by atoms with Crippen LogP contribution in [0.3, 0.4) is 0 Å². The third-order valence-corrected chi connectivity index (χ3v) is 5.94. The molecule has 0 saturated heterocycles. The van der Waals surface area contributed by atoms with E-state index < -0.39 is 0 Å². The SMILES string of the molecule is COCCn1c(SCC(=O)Nc2ccc(C(C)=O)cc2)nnc1-c1c[nH]c2ccccc12. The van der Waals surface area contributed by atoms with Gasteiger partial charge in [-0.05, 0) is 37.3 Å². The largest absolute Gasteiger partial charge is 0.383 e. The van der Waals surface area contributed by atoms with Crippen molar-refractivity contribution in [3.63, 3.8) is 0 Å². The number of hydrogen-bond donors (Lipinski definition) is 2. The van der Waals surface area contributed by atoms with Gasteiger partial charge in [0, 0.05) is 41.0 Å². The standard InChI is InChI=1S/C23H23N5O3S/c1-15(29)16-7-9-17(10-8-16)25-21(30)14-32-23-27-26-22(28(23)11-12-31-2)19-13-24-20-6-4-3-5-18(19)20/h3-10,13,24H,11-12,14H2,1-2H3,(H,25,30). The van der Waals surface area contributed by atoms with Crippen LogP contribution in [0.1, 0.15) is 17.3 Å². The van der Waals surface area contributed by atoms with E-state index >= 15 is 0 Å². The molecule has 4 rings (SSSR count). The average Bonchev–Trinajstić information content (AvgIpc) is 3.40. The van der Waals surface area contributed by atoms with Crippen molar-refractivity contribution in [3.8, 4) is 11.4 Å². The first-order valence-electron chi connectivity index (χ1n) is 10.1. The molecular formula is C23H23N5O3S. The lowest BCUT2D eigenvalue weighted by molar-refractivity contribution is -0.113. The summed E-state index contributed by atoms with van der Waals surface area (Å²) in [7, 11) is 1.65. The topological polar surface area (TPSA) is 102 Å². The van der Waals surface area contributed by atoms with Crippen LogP contribution in [-0.4, -0.2) is 50.9 Å². The summed E-state index contributed by atoms with van der Waals surface area (Å²) in [4.78, 5) is 27.1. The number of H-pyrrole nitrogens is 1. The quantitative estimate of drug-likeness (QED) is 0.296. The van der Waals surface area contributed by atoms with E-state index in [1.165, 1.54) is 18.7 Å². The number of anilines is 1. The maximum absolute atomic E-state index is 12.5. The number of aromatic nitrogens is 4. The monoisotopic (exact) mass is 449 g/mol. The lowest BCUT2D eigenvalue weighted by Crippen LogP contribution is -2.15. The van der Waals surface area contributed by atoms with Crippen LogP contribution in [-0.2, 0) is 16.1 Å². The van der Waals surface area contributed by atoms with Crippen LogP contribution in [0.5, 0.6) is 0 Å². The van der Waals surface area contributed by atoms with Crippen LogP contribution >= 0.6 is 11.8 Å². The summed E-state index contributed by atoms with van der Waals surface area (Å²) >= 11 is 1.31. The van der Waals surface area contributed by atoms with Gasteiger partial charge >= 0.3 is 0 Å². The van der Waals surface area contributed by atoms with Crippen LogP contribution in [0.4, 0.5) is 5.69 Å². The molecule has 0 spiro atoms. The first kappa shape index (κ1) is 21.8. The number of Topliss-reactive ketones (excluding diaryl/α,β-unsaturated/α-hetero) is 1. The fourth-order valence-electron chi connectivity index (χ4n) is 3.35. The Hall–Kier alpha value is -3.43. The molecule has 9 heteroatoms. The third kappa shape index (κ3) is 4.74. The zero-order valence-electron chi connectivity index (χ0n) is 17.8. The number of carbonyl (C=O) groups is 2. The van der Waals surface area contributed by atoms with Gasteiger partial charge in [0.25, 0.3) is 0 Å². The highest BCUT2D eigenvalue weighted by atomic mass is 32.2. The van der Waals surface area contributed by atoms with Gasteiger partial charge < -0.3 is 15.0 Å².